The molecule has 0 bridgehead atoms. The zero-order valence-electron chi connectivity index (χ0n) is 7.87. The molecule has 1 aliphatic rings. The molecule has 1 aliphatic heterocycles. The molecule has 0 aromatic rings. The highest BCUT2D eigenvalue weighted by Gasteiger charge is 2.37. The number of aliphatic hydroxyl groups excluding tert-OH is 1. The first-order valence-corrected chi connectivity index (χ1v) is 5.08. The van der Waals surface area contributed by atoms with Gasteiger partial charge in [-0.05, 0) is 20.8 Å². The van der Waals surface area contributed by atoms with E-state index in [9.17, 15) is 0 Å². The average molecular weight is 184 g/mol. The van der Waals surface area contributed by atoms with E-state index in [1.165, 1.54) is 5.57 Å². The van der Waals surface area contributed by atoms with Gasteiger partial charge in [-0.1, -0.05) is 23.8 Å². The van der Waals surface area contributed by atoms with Crippen LogP contribution >= 0.6 is 11.8 Å². The summed E-state index contributed by atoms with van der Waals surface area (Å²) < 4.78 is 0.172. The Morgan fingerprint density at radius 2 is 2.17 bits per heavy atom. The molecule has 0 aromatic carbocycles. The van der Waals surface area contributed by atoms with Gasteiger partial charge in [0, 0.05) is 11.2 Å². The topological polar surface area (TPSA) is 20.2 Å². The molecular weight excluding hydrogens is 168 g/mol. The van der Waals surface area contributed by atoms with Gasteiger partial charge in [0.1, 0.15) is 5.44 Å². The molecule has 1 rings (SSSR count). The molecule has 2 heteroatoms. The Morgan fingerprint density at radius 3 is 2.58 bits per heavy atom. The van der Waals surface area contributed by atoms with Gasteiger partial charge in [-0.15, -0.1) is 11.8 Å². The van der Waals surface area contributed by atoms with Gasteiger partial charge in [0.2, 0.25) is 0 Å². The minimum Gasteiger partial charge on any atom is -0.382 e. The first-order chi connectivity index (χ1) is 5.52. The second-order valence-corrected chi connectivity index (χ2v) is 5.40. The molecule has 2 atom stereocenters. The Kier molecular flexibility index (Phi) is 3.02. The minimum atomic E-state index is -0.147. The lowest BCUT2D eigenvalue weighted by atomic mass is 10.1. The van der Waals surface area contributed by atoms with E-state index in [0.717, 1.165) is 6.42 Å². The fourth-order valence-corrected chi connectivity index (χ4v) is 2.36. The number of thioether (sulfide) groups is 1. The highest BCUT2D eigenvalue weighted by Crippen LogP contribution is 2.46. The minimum absolute atomic E-state index is 0.147. The maximum absolute atomic E-state index is 9.11. The van der Waals surface area contributed by atoms with Gasteiger partial charge >= 0.3 is 0 Å². The summed E-state index contributed by atoms with van der Waals surface area (Å²) in [5.41, 5.74) is 1.16. The Morgan fingerprint density at radius 1 is 1.58 bits per heavy atom. The highest BCUT2D eigenvalue weighted by molar-refractivity contribution is 8.02. The quantitative estimate of drug-likeness (QED) is 0.666. The Hall–Kier alpha value is -0.210. The van der Waals surface area contributed by atoms with Crippen LogP contribution in [0, 0.1) is 0 Å². The predicted molar refractivity (Wildman–Crippen MR) is 55.2 cm³/mol. The van der Waals surface area contributed by atoms with Crippen molar-refractivity contribution >= 4 is 11.8 Å². The normalized spacial score (nSPS) is 34.8. The van der Waals surface area contributed by atoms with Crippen molar-refractivity contribution < 1.29 is 5.11 Å². The van der Waals surface area contributed by atoms with Gasteiger partial charge in [-0.25, -0.2) is 0 Å². The smallest absolute Gasteiger partial charge is 0.102 e. The molecule has 12 heavy (non-hydrogen) atoms. The van der Waals surface area contributed by atoms with Crippen molar-refractivity contribution in [3.63, 3.8) is 0 Å². The first kappa shape index (κ1) is 9.87. The lowest BCUT2D eigenvalue weighted by Crippen LogP contribution is -2.35. The zero-order valence-corrected chi connectivity index (χ0v) is 8.69. The highest BCUT2D eigenvalue weighted by atomic mass is 32.2. The first-order valence-electron chi connectivity index (χ1n) is 4.20. The van der Waals surface area contributed by atoms with Gasteiger partial charge in [-0.2, -0.15) is 0 Å². The molecule has 2 unspecified atom stereocenters. The lowest BCUT2D eigenvalue weighted by Gasteiger charge is -2.39. The molecule has 0 spiro atoms. The molecule has 68 valence electrons. The number of allylic oxidation sites excluding steroid dienone is 3. The standard InChI is InChI=1S/C10H16OS/c1-8(2)5-4-6-10(3)7-9(11)12-10/h4-6,9,11H,7H2,1-3H3. The van der Waals surface area contributed by atoms with Gasteiger partial charge in [0.15, 0.2) is 0 Å². The largest absolute Gasteiger partial charge is 0.382 e. The van der Waals surface area contributed by atoms with Crippen LogP contribution in [0.25, 0.3) is 0 Å². The van der Waals surface area contributed by atoms with E-state index in [4.69, 9.17) is 5.11 Å². The van der Waals surface area contributed by atoms with Crippen molar-refractivity contribution in [2.75, 3.05) is 0 Å². The third-order valence-corrected chi connectivity index (χ3v) is 3.14. The van der Waals surface area contributed by atoms with Crippen LogP contribution in [0.3, 0.4) is 0 Å². The summed E-state index contributed by atoms with van der Waals surface area (Å²) in [5.74, 6) is 0. The number of rotatable bonds is 2. The van der Waals surface area contributed by atoms with Crippen LogP contribution in [-0.4, -0.2) is 15.3 Å². The van der Waals surface area contributed by atoms with Gasteiger partial charge < -0.3 is 5.11 Å². The van der Waals surface area contributed by atoms with Gasteiger partial charge in [0.25, 0.3) is 0 Å². The second kappa shape index (κ2) is 3.67. The molecule has 0 aromatic heterocycles. The Bertz CT molecular complexity index is 208. The molecule has 0 aliphatic carbocycles. The number of aliphatic hydroxyl groups is 1. The third-order valence-electron chi connectivity index (χ3n) is 1.86. The van der Waals surface area contributed by atoms with Crippen LogP contribution in [0.2, 0.25) is 0 Å². The summed E-state index contributed by atoms with van der Waals surface area (Å²) in [6, 6.07) is 0. The zero-order chi connectivity index (χ0) is 9.19. The average Bonchev–Trinajstić information content (AvgIpc) is 1.83. The van der Waals surface area contributed by atoms with E-state index >= 15 is 0 Å². The second-order valence-electron chi connectivity index (χ2n) is 3.69. The maximum Gasteiger partial charge on any atom is 0.102 e. The molecule has 1 saturated heterocycles. The van der Waals surface area contributed by atoms with Crippen LogP contribution in [0.4, 0.5) is 0 Å². The van der Waals surface area contributed by atoms with Gasteiger partial charge in [0.05, 0.1) is 0 Å². The maximum atomic E-state index is 9.11. The monoisotopic (exact) mass is 184 g/mol. The number of hydrogen-bond donors (Lipinski definition) is 1. The molecule has 0 saturated carbocycles. The molecular formula is C10H16OS. The molecule has 1 heterocycles. The SMILES string of the molecule is CC(C)=CC=CC1(C)CC(O)S1. The van der Waals surface area contributed by atoms with Gasteiger partial charge in [-0.3, -0.25) is 0 Å². The summed E-state index contributed by atoms with van der Waals surface area (Å²) in [7, 11) is 0. The van der Waals surface area contributed by atoms with Crippen LogP contribution in [0.1, 0.15) is 27.2 Å². The van der Waals surface area contributed by atoms with Crippen molar-refractivity contribution in [2.45, 2.75) is 37.4 Å². The van der Waals surface area contributed by atoms with E-state index in [2.05, 4.69) is 39.0 Å². The molecule has 0 radical (unpaired) electrons. The van der Waals surface area contributed by atoms with Crippen LogP contribution in [0.15, 0.2) is 23.8 Å². The lowest BCUT2D eigenvalue weighted by molar-refractivity contribution is 0.221. The van der Waals surface area contributed by atoms with E-state index in [-0.39, 0.29) is 10.2 Å². The van der Waals surface area contributed by atoms with Crippen LogP contribution in [0.5, 0.6) is 0 Å². The fourth-order valence-electron chi connectivity index (χ4n) is 1.20. The fraction of sp³-hybridized carbons (Fsp3) is 0.600. The number of hydrogen-bond acceptors (Lipinski definition) is 2. The Labute approximate surface area is 78.6 Å². The molecule has 1 fully saturated rings. The van der Waals surface area contributed by atoms with Crippen molar-refractivity contribution in [3.05, 3.63) is 23.8 Å². The van der Waals surface area contributed by atoms with E-state index in [1.54, 1.807) is 11.8 Å². The third kappa shape index (κ3) is 2.68. The van der Waals surface area contributed by atoms with E-state index in [1.807, 2.05) is 0 Å². The summed E-state index contributed by atoms with van der Waals surface area (Å²) in [4.78, 5) is 0. The summed E-state index contributed by atoms with van der Waals surface area (Å²) in [5, 5.41) is 9.11. The van der Waals surface area contributed by atoms with Crippen molar-refractivity contribution in [3.8, 4) is 0 Å². The van der Waals surface area contributed by atoms with Crippen molar-refractivity contribution in [1.29, 1.82) is 0 Å². The van der Waals surface area contributed by atoms with E-state index < -0.39 is 0 Å². The molecule has 1 N–H and O–H groups in total. The van der Waals surface area contributed by atoms with Crippen LogP contribution in [-0.2, 0) is 0 Å². The molecule has 1 nitrogen and oxygen atoms in total. The van der Waals surface area contributed by atoms with E-state index in [0.29, 0.717) is 0 Å². The Balaban J connectivity index is 2.41. The molecule has 0 amide bonds. The van der Waals surface area contributed by atoms with Crippen molar-refractivity contribution in [2.24, 2.45) is 0 Å². The predicted octanol–water partition coefficient (Wildman–Crippen LogP) is 2.72. The summed E-state index contributed by atoms with van der Waals surface area (Å²) >= 11 is 1.62. The summed E-state index contributed by atoms with van der Waals surface area (Å²) in [6.45, 7) is 6.31. The summed E-state index contributed by atoms with van der Waals surface area (Å²) in [6.07, 6.45) is 7.22. The van der Waals surface area contributed by atoms with Crippen LogP contribution < -0.4 is 0 Å². The van der Waals surface area contributed by atoms with Crippen molar-refractivity contribution in [1.82, 2.24) is 0 Å².